The second-order valence-corrected chi connectivity index (χ2v) is 9.64. The Labute approximate surface area is 200 Å². The summed E-state index contributed by atoms with van der Waals surface area (Å²) in [5.41, 5.74) is 7.94. The molecule has 178 valence electrons. The van der Waals surface area contributed by atoms with Crippen LogP contribution in [0.4, 0.5) is 0 Å². The number of aromatic nitrogens is 1. The molecule has 3 heterocycles. The Balaban J connectivity index is 0.000000235. The fourth-order valence-electron chi connectivity index (χ4n) is 3.97. The van der Waals surface area contributed by atoms with Gasteiger partial charge >= 0.3 is 0 Å². The van der Waals surface area contributed by atoms with Crippen molar-refractivity contribution < 1.29 is 14.4 Å². The van der Waals surface area contributed by atoms with Gasteiger partial charge in [0.25, 0.3) is 0 Å². The minimum absolute atomic E-state index is 0.0408. The molecule has 1 amide bonds. The van der Waals surface area contributed by atoms with Crippen molar-refractivity contribution in [1.82, 2.24) is 20.7 Å². The van der Waals surface area contributed by atoms with Gasteiger partial charge in [0.1, 0.15) is 12.0 Å². The fraction of sp³-hybridized carbons (Fsp3) is 0.480. The van der Waals surface area contributed by atoms with Gasteiger partial charge < -0.3 is 14.9 Å². The Kier molecular flexibility index (Phi) is 9.17. The highest BCUT2D eigenvalue weighted by atomic mass is 32.1. The van der Waals surface area contributed by atoms with Crippen molar-refractivity contribution in [3.63, 3.8) is 0 Å². The predicted octanol–water partition coefficient (Wildman–Crippen LogP) is 3.71. The number of thiazole rings is 1. The molecule has 1 aromatic heterocycles. The smallest absolute Gasteiger partial charge is 0.237 e. The van der Waals surface area contributed by atoms with Crippen molar-refractivity contribution >= 4 is 23.5 Å². The summed E-state index contributed by atoms with van der Waals surface area (Å²) >= 11 is 1.66. The van der Waals surface area contributed by atoms with Crippen molar-refractivity contribution in [2.75, 3.05) is 20.1 Å². The van der Waals surface area contributed by atoms with Gasteiger partial charge in [0.05, 0.1) is 34.6 Å². The van der Waals surface area contributed by atoms with Crippen LogP contribution in [0, 0.1) is 18.8 Å². The monoisotopic (exact) mass is 470 g/mol. The van der Waals surface area contributed by atoms with Gasteiger partial charge in [-0.2, -0.15) is 5.48 Å². The van der Waals surface area contributed by atoms with Crippen molar-refractivity contribution in [3.05, 3.63) is 52.9 Å². The lowest BCUT2D eigenvalue weighted by Gasteiger charge is -2.18. The first kappa shape index (κ1) is 25.1. The number of nitrogens with zero attached hydrogens (tertiary/aromatic N) is 2. The first-order valence-corrected chi connectivity index (χ1v) is 12.3. The molecule has 1 aromatic carbocycles. The molecule has 2 N–H and O–H groups in total. The molecule has 8 heteroatoms. The standard InChI is InChI=1S/C17H21N3OS.C8H13NO2/c1-12-16(22-11-19-12)14-7-5-13(6-8-14)10-18-17(21)15-4-3-9-20(15)2;1-6(2)7(5-10)8-3-4-9-11-8/h5-8,11,15H,3-4,9-10H2,1-2H3,(H,18,21);3,5-7,9H,4H2,1-2H3. The number of aldehydes is 1. The summed E-state index contributed by atoms with van der Waals surface area (Å²) in [6, 6.07) is 8.40. The number of nitrogens with one attached hydrogen (secondary N) is 2. The Hall–Kier alpha value is -2.55. The summed E-state index contributed by atoms with van der Waals surface area (Å²) in [5, 5.41) is 3.05. The Morgan fingerprint density at radius 3 is 2.64 bits per heavy atom. The SMILES string of the molecule is CC(C)C(C=O)C1=CCNO1.Cc1ncsc1-c1ccc(CNC(=O)C2CCCN2C)cc1. The maximum Gasteiger partial charge on any atom is 0.237 e. The maximum absolute atomic E-state index is 12.2. The van der Waals surface area contributed by atoms with Gasteiger partial charge in [-0.1, -0.05) is 38.1 Å². The summed E-state index contributed by atoms with van der Waals surface area (Å²) in [6.07, 6.45) is 4.91. The van der Waals surface area contributed by atoms with Crippen LogP contribution in [0.3, 0.4) is 0 Å². The van der Waals surface area contributed by atoms with Crippen LogP contribution >= 0.6 is 11.3 Å². The minimum atomic E-state index is -0.0926. The minimum Gasteiger partial charge on any atom is -0.412 e. The number of aryl methyl sites for hydroxylation is 1. The molecule has 1 fully saturated rings. The van der Waals surface area contributed by atoms with Crippen molar-refractivity contribution in [2.45, 2.75) is 46.2 Å². The van der Waals surface area contributed by atoms with E-state index in [-0.39, 0.29) is 17.9 Å². The number of hydroxylamine groups is 1. The molecule has 0 aliphatic carbocycles. The summed E-state index contributed by atoms with van der Waals surface area (Å²) in [5.74, 6) is 1.11. The van der Waals surface area contributed by atoms with Crippen molar-refractivity contribution in [2.24, 2.45) is 11.8 Å². The molecule has 0 saturated carbocycles. The topological polar surface area (TPSA) is 83.6 Å². The van der Waals surface area contributed by atoms with E-state index in [4.69, 9.17) is 4.84 Å². The molecule has 7 nitrogen and oxygen atoms in total. The third-order valence-electron chi connectivity index (χ3n) is 6.02. The highest BCUT2D eigenvalue weighted by Crippen LogP contribution is 2.27. The van der Waals surface area contributed by atoms with E-state index >= 15 is 0 Å². The number of benzene rings is 1. The van der Waals surface area contributed by atoms with Gasteiger partial charge in [-0.15, -0.1) is 11.3 Å². The van der Waals surface area contributed by atoms with Crippen LogP contribution in [0.1, 0.15) is 37.9 Å². The third kappa shape index (κ3) is 6.72. The normalized spacial score (nSPS) is 18.8. The van der Waals surface area contributed by atoms with Crippen molar-refractivity contribution in [3.8, 4) is 10.4 Å². The number of carbonyl (C=O) groups excluding carboxylic acids is 2. The molecule has 1 saturated heterocycles. The molecule has 2 aliphatic rings. The van der Waals surface area contributed by atoms with E-state index in [1.54, 1.807) is 11.3 Å². The number of hydrogen-bond donors (Lipinski definition) is 2. The van der Waals surface area contributed by atoms with Crippen molar-refractivity contribution in [1.29, 1.82) is 0 Å². The Morgan fingerprint density at radius 2 is 2.12 bits per heavy atom. The molecule has 2 aliphatic heterocycles. The zero-order chi connectivity index (χ0) is 23.8. The lowest BCUT2D eigenvalue weighted by molar-refractivity contribution is -0.125. The fourth-order valence-corrected chi connectivity index (χ4v) is 4.78. The van der Waals surface area contributed by atoms with E-state index in [1.165, 1.54) is 10.4 Å². The third-order valence-corrected chi connectivity index (χ3v) is 7.00. The number of rotatable bonds is 7. The van der Waals surface area contributed by atoms with E-state index < -0.39 is 0 Å². The van der Waals surface area contributed by atoms with Crippen LogP contribution in [0.25, 0.3) is 10.4 Å². The zero-order valence-electron chi connectivity index (χ0n) is 19.8. The summed E-state index contributed by atoms with van der Waals surface area (Å²) in [7, 11) is 2.02. The Morgan fingerprint density at radius 1 is 1.36 bits per heavy atom. The number of likely N-dealkylation sites (N-methyl/N-ethyl adjacent to an activating group) is 1. The molecular weight excluding hydrogens is 436 g/mol. The maximum atomic E-state index is 12.2. The van der Waals surface area contributed by atoms with Crippen LogP contribution in [0.15, 0.2) is 41.6 Å². The van der Waals surface area contributed by atoms with Crippen LogP contribution in [0.2, 0.25) is 0 Å². The first-order valence-electron chi connectivity index (χ1n) is 11.4. The summed E-state index contributed by atoms with van der Waals surface area (Å²) < 4.78 is 0. The van der Waals surface area contributed by atoms with Gasteiger partial charge in [-0.25, -0.2) is 4.98 Å². The van der Waals surface area contributed by atoms with Crippen LogP contribution in [-0.2, 0) is 21.0 Å². The van der Waals surface area contributed by atoms with Gasteiger partial charge in [-0.3, -0.25) is 9.69 Å². The van der Waals surface area contributed by atoms with Gasteiger partial charge in [-0.05, 0) is 56.5 Å². The second-order valence-electron chi connectivity index (χ2n) is 8.78. The molecule has 0 bridgehead atoms. The van der Waals surface area contributed by atoms with Crippen LogP contribution < -0.4 is 10.8 Å². The van der Waals surface area contributed by atoms with Crippen LogP contribution in [-0.4, -0.2) is 48.3 Å². The second kappa shape index (κ2) is 12.1. The summed E-state index contributed by atoms with van der Waals surface area (Å²) in [4.78, 5) is 35.4. The average Bonchev–Trinajstić information content (AvgIpc) is 3.56. The first-order chi connectivity index (χ1) is 15.9. The molecule has 4 rings (SSSR count). The van der Waals surface area contributed by atoms with Gasteiger partial charge in [0.15, 0.2) is 0 Å². The molecule has 0 spiro atoms. The van der Waals surface area contributed by atoms with E-state index in [2.05, 4.69) is 44.9 Å². The Bertz CT molecular complexity index is 955. The van der Waals surface area contributed by atoms with Gasteiger partial charge in [0.2, 0.25) is 5.91 Å². The number of amides is 1. The lowest BCUT2D eigenvalue weighted by Crippen LogP contribution is -2.41. The molecule has 2 unspecified atom stereocenters. The van der Waals surface area contributed by atoms with E-state index in [9.17, 15) is 9.59 Å². The number of likely N-dealkylation sites (tertiary alicyclic amines) is 1. The van der Waals surface area contributed by atoms with E-state index in [0.717, 1.165) is 42.7 Å². The molecule has 2 aromatic rings. The quantitative estimate of drug-likeness (QED) is 0.601. The number of hydrogen-bond acceptors (Lipinski definition) is 7. The van der Waals surface area contributed by atoms with Crippen LogP contribution in [0.5, 0.6) is 0 Å². The molecule has 2 atom stereocenters. The number of carbonyl (C=O) groups is 2. The van der Waals surface area contributed by atoms with E-state index in [1.807, 2.05) is 39.4 Å². The largest absolute Gasteiger partial charge is 0.412 e. The van der Waals surface area contributed by atoms with Gasteiger partial charge in [0, 0.05) is 6.54 Å². The molecular formula is C25H34N4O3S. The van der Waals surface area contributed by atoms with E-state index in [0.29, 0.717) is 19.0 Å². The molecule has 33 heavy (non-hydrogen) atoms. The average molecular weight is 471 g/mol. The summed E-state index contributed by atoms with van der Waals surface area (Å²) in [6.45, 7) is 8.33. The number of allylic oxidation sites excluding steroid dienone is 1. The lowest BCUT2D eigenvalue weighted by atomic mass is 9.95. The molecule has 0 radical (unpaired) electrons. The highest BCUT2D eigenvalue weighted by molar-refractivity contribution is 7.13. The predicted molar refractivity (Wildman–Crippen MR) is 131 cm³/mol. The zero-order valence-corrected chi connectivity index (χ0v) is 20.7. The highest BCUT2D eigenvalue weighted by Gasteiger charge is 2.27.